The molecule has 0 saturated carbocycles. The molecule has 0 radical (unpaired) electrons. The van der Waals surface area contributed by atoms with E-state index < -0.39 is 12.0 Å². The summed E-state index contributed by atoms with van der Waals surface area (Å²) in [6, 6.07) is 9.33. The lowest BCUT2D eigenvalue weighted by atomic mass is 9.95. The van der Waals surface area contributed by atoms with E-state index in [1.807, 2.05) is 19.1 Å². The van der Waals surface area contributed by atoms with Crippen molar-refractivity contribution in [2.24, 2.45) is 0 Å². The predicted octanol–water partition coefficient (Wildman–Crippen LogP) is 4.41. The Morgan fingerprint density at radius 1 is 1.10 bits per heavy atom. The number of alkyl halides is 3. The third-order valence-corrected chi connectivity index (χ3v) is 4.23. The van der Waals surface area contributed by atoms with Gasteiger partial charge < -0.3 is 9.84 Å². The molecule has 0 saturated heterocycles. The van der Waals surface area contributed by atoms with Crippen molar-refractivity contribution in [2.75, 3.05) is 0 Å². The van der Waals surface area contributed by atoms with E-state index >= 15 is 0 Å². The highest BCUT2D eigenvalue weighted by Crippen LogP contribution is 2.31. The Kier molecular flexibility index (Phi) is 4.30. The van der Waals surface area contributed by atoms with Gasteiger partial charge in [0, 0.05) is 16.2 Å². The highest BCUT2D eigenvalue weighted by atomic mass is 32.1. The standard InChI is InChI=1S/C15H15F3O2S/c1-10-3-8-13(21-10)14(2,19)9-11-4-6-12(7-5-11)20-15(16,17)18/h3-8,19H,9H2,1-2H3. The van der Waals surface area contributed by atoms with Gasteiger partial charge in [-0.15, -0.1) is 24.5 Å². The van der Waals surface area contributed by atoms with Crippen molar-refractivity contribution in [3.05, 3.63) is 51.7 Å². The monoisotopic (exact) mass is 316 g/mol. The summed E-state index contributed by atoms with van der Waals surface area (Å²) in [5.41, 5.74) is -0.314. The summed E-state index contributed by atoms with van der Waals surface area (Å²) in [5.74, 6) is -0.266. The fourth-order valence-electron chi connectivity index (χ4n) is 2.02. The van der Waals surface area contributed by atoms with Crippen LogP contribution in [-0.2, 0) is 12.0 Å². The molecular weight excluding hydrogens is 301 g/mol. The average molecular weight is 316 g/mol. The first kappa shape index (κ1) is 15.9. The zero-order valence-corrected chi connectivity index (χ0v) is 12.4. The van der Waals surface area contributed by atoms with Crippen molar-refractivity contribution in [1.82, 2.24) is 0 Å². The topological polar surface area (TPSA) is 29.5 Å². The molecule has 114 valence electrons. The van der Waals surface area contributed by atoms with Crippen LogP contribution in [0.1, 0.15) is 22.2 Å². The number of thiophene rings is 1. The van der Waals surface area contributed by atoms with Crippen LogP contribution in [0, 0.1) is 6.92 Å². The quantitative estimate of drug-likeness (QED) is 0.905. The number of aliphatic hydroxyl groups is 1. The minimum atomic E-state index is -4.69. The highest BCUT2D eigenvalue weighted by molar-refractivity contribution is 7.12. The second-order valence-corrected chi connectivity index (χ2v) is 6.34. The molecule has 1 aromatic carbocycles. The minimum absolute atomic E-state index is 0.266. The third kappa shape index (κ3) is 4.47. The zero-order chi connectivity index (χ0) is 15.7. The number of rotatable bonds is 4. The number of hydrogen-bond donors (Lipinski definition) is 1. The van der Waals surface area contributed by atoms with Crippen molar-refractivity contribution in [2.45, 2.75) is 32.2 Å². The van der Waals surface area contributed by atoms with Crippen molar-refractivity contribution < 1.29 is 23.0 Å². The molecule has 2 rings (SSSR count). The van der Waals surface area contributed by atoms with Gasteiger partial charge in [-0.1, -0.05) is 12.1 Å². The second-order valence-electron chi connectivity index (χ2n) is 5.05. The molecule has 0 bridgehead atoms. The number of benzene rings is 1. The first-order valence-corrected chi connectivity index (χ1v) is 7.11. The second kappa shape index (κ2) is 5.69. The maximum Gasteiger partial charge on any atom is 0.573 e. The van der Waals surface area contributed by atoms with Gasteiger partial charge in [0.25, 0.3) is 0 Å². The largest absolute Gasteiger partial charge is 0.573 e. The Bertz CT molecular complexity index is 600. The maximum atomic E-state index is 12.1. The molecule has 0 aliphatic carbocycles. The van der Waals surface area contributed by atoms with Crippen molar-refractivity contribution >= 4 is 11.3 Å². The number of aryl methyl sites for hydroxylation is 1. The molecule has 0 spiro atoms. The zero-order valence-electron chi connectivity index (χ0n) is 11.6. The molecule has 6 heteroatoms. The van der Waals surface area contributed by atoms with Gasteiger partial charge in [0.2, 0.25) is 0 Å². The molecule has 1 N–H and O–H groups in total. The molecule has 2 nitrogen and oxygen atoms in total. The molecule has 1 aromatic heterocycles. The summed E-state index contributed by atoms with van der Waals surface area (Å²) >= 11 is 1.50. The first-order chi connectivity index (χ1) is 9.66. The van der Waals surface area contributed by atoms with Crippen LogP contribution in [0.4, 0.5) is 13.2 Å². The summed E-state index contributed by atoms with van der Waals surface area (Å²) < 4.78 is 40.0. The molecule has 1 atom stereocenters. The molecule has 1 unspecified atom stereocenters. The van der Waals surface area contributed by atoms with Gasteiger partial charge >= 0.3 is 6.36 Å². The lowest BCUT2D eigenvalue weighted by Gasteiger charge is -2.22. The molecule has 2 aromatic rings. The molecule has 0 aliphatic heterocycles. The van der Waals surface area contributed by atoms with Gasteiger partial charge in [-0.05, 0) is 43.7 Å². The molecular formula is C15H15F3O2S. The fraction of sp³-hybridized carbons (Fsp3) is 0.333. The maximum absolute atomic E-state index is 12.1. The van der Waals surface area contributed by atoms with Crippen molar-refractivity contribution in [3.63, 3.8) is 0 Å². The van der Waals surface area contributed by atoms with E-state index in [2.05, 4.69) is 4.74 Å². The van der Waals surface area contributed by atoms with Crippen molar-refractivity contribution in [1.29, 1.82) is 0 Å². The lowest BCUT2D eigenvalue weighted by molar-refractivity contribution is -0.274. The summed E-state index contributed by atoms with van der Waals surface area (Å²) in [6.07, 6.45) is -4.37. The van der Waals surface area contributed by atoms with E-state index in [1.54, 1.807) is 6.92 Å². The molecule has 0 amide bonds. The van der Waals surface area contributed by atoms with E-state index in [-0.39, 0.29) is 5.75 Å². The normalized spacial score (nSPS) is 14.8. The van der Waals surface area contributed by atoms with Crippen LogP contribution in [0.2, 0.25) is 0 Å². The molecule has 0 aliphatic rings. The van der Waals surface area contributed by atoms with Crippen LogP contribution in [0.15, 0.2) is 36.4 Å². The molecule has 1 heterocycles. The summed E-state index contributed by atoms with van der Waals surface area (Å²) in [5, 5.41) is 10.5. The Balaban J connectivity index is 2.09. The van der Waals surface area contributed by atoms with E-state index in [1.165, 1.54) is 35.6 Å². The van der Waals surface area contributed by atoms with E-state index in [9.17, 15) is 18.3 Å². The van der Waals surface area contributed by atoms with Crippen LogP contribution < -0.4 is 4.74 Å². The number of ether oxygens (including phenoxy) is 1. The van der Waals surface area contributed by atoms with Gasteiger partial charge in [-0.2, -0.15) is 0 Å². The smallest absolute Gasteiger partial charge is 0.406 e. The summed E-state index contributed by atoms with van der Waals surface area (Å²) in [6.45, 7) is 3.64. The predicted molar refractivity (Wildman–Crippen MR) is 75.5 cm³/mol. The SMILES string of the molecule is Cc1ccc(C(C)(O)Cc2ccc(OC(F)(F)F)cc2)s1. The number of hydrogen-bond acceptors (Lipinski definition) is 3. The summed E-state index contributed by atoms with van der Waals surface area (Å²) in [4.78, 5) is 1.93. The summed E-state index contributed by atoms with van der Waals surface area (Å²) in [7, 11) is 0. The number of halogens is 3. The van der Waals surface area contributed by atoms with E-state index in [0.29, 0.717) is 6.42 Å². The van der Waals surface area contributed by atoms with Gasteiger partial charge in [0.15, 0.2) is 0 Å². The Hall–Kier alpha value is -1.53. The fourth-order valence-corrected chi connectivity index (χ4v) is 2.93. The van der Waals surface area contributed by atoms with E-state index in [4.69, 9.17) is 0 Å². The van der Waals surface area contributed by atoms with Gasteiger partial charge in [0.1, 0.15) is 5.75 Å². The lowest BCUT2D eigenvalue weighted by Crippen LogP contribution is -2.23. The third-order valence-electron chi connectivity index (χ3n) is 2.98. The Morgan fingerprint density at radius 2 is 1.71 bits per heavy atom. The van der Waals surface area contributed by atoms with Gasteiger partial charge in [-0.25, -0.2) is 0 Å². The van der Waals surface area contributed by atoms with E-state index in [0.717, 1.165) is 15.3 Å². The van der Waals surface area contributed by atoms with Crippen LogP contribution in [-0.4, -0.2) is 11.5 Å². The Labute approximate surface area is 124 Å². The Morgan fingerprint density at radius 3 is 2.19 bits per heavy atom. The van der Waals surface area contributed by atoms with Gasteiger partial charge in [0.05, 0.1) is 5.60 Å². The molecule has 0 fully saturated rings. The van der Waals surface area contributed by atoms with Crippen LogP contribution in [0.5, 0.6) is 5.75 Å². The van der Waals surface area contributed by atoms with Crippen molar-refractivity contribution in [3.8, 4) is 5.75 Å². The minimum Gasteiger partial charge on any atom is -0.406 e. The average Bonchev–Trinajstić information content (AvgIpc) is 2.77. The highest BCUT2D eigenvalue weighted by Gasteiger charge is 2.31. The van der Waals surface area contributed by atoms with Crippen LogP contribution in [0.25, 0.3) is 0 Å². The van der Waals surface area contributed by atoms with Crippen LogP contribution in [0.3, 0.4) is 0 Å². The van der Waals surface area contributed by atoms with Gasteiger partial charge in [-0.3, -0.25) is 0 Å². The molecule has 21 heavy (non-hydrogen) atoms. The van der Waals surface area contributed by atoms with Crippen LogP contribution >= 0.6 is 11.3 Å². The first-order valence-electron chi connectivity index (χ1n) is 6.30.